The zero-order valence-corrected chi connectivity index (χ0v) is 9.82. The van der Waals surface area contributed by atoms with Crippen molar-refractivity contribution in [3.05, 3.63) is 23.8 Å². The van der Waals surface area contributed by atoms with E-state index in [9.17, 15) is 9.90 Å². The Labute approximate surface area is 96.1 Å². The van der Waals surface area contributed by atoms with Crippen LogP contribution in [0.1, 0.15) is 32.3 Å². The molecule has 16 heavy (non-hydrogen) atoms. The van der Waals surface area contributed by atoms with E-state index in [4.69, 9.17) is 4.74 Å². The Bertz CT molecular complexity index is 358. The molecule has 0 aliphatic carbocycles. The number of ether oxygens (including phenoxy) is 1. The van der Waals surface area contributed by atoms with E-state index in [0.29, 0.717) is 31.6 Å². The number of phenols is 1. The van der Waals surface area contributed by atoms with Gasteiger partial charge in [0.05, 0.1) is 6.61 Å². The second-order valence-corrected chi connectivity index (χ2v) is 3.63. The Kier molecular flexibility index (Phi) is 4.83. The van der Waals surface area contributed by atoms with E-state index in [-0.39, 0.29) is 11.5 Å². The highest BCUT2D eigenvalue weighted by Crippen LogP contribution is 2.27. The van der Waals surface area contributed by atoms with Crippen LogP contribution in [0.25, 0.3) is 0 Å². The quantitative estimate of drug-likeness (QED) is 0.805. The van der Waals surface area contributed by atoms with Crippen LogP contribution in [0.15, 0.2) is 18.2 Å². The van der Waals surface area contributed by atoms with Crippen LogP contribution < -0.4 is 4.74 Å². The van der Waals surface area contributed by atoms with Gasteiger partial charge in [-0.1, -0.05) is 13.0 Å². The van der Waals surface area contributed by atoms with Crippen molar-refractivity contribution in [2.45, 2.75) is 33.1 Å². The van der Waals surface area contributed by atoms with Gasteiger partial charge in [0.15, 0.2) is 11.5 Å². The fourth-order valence-electron chi connectivity index (χ4n) is 1.45. The number of carbonyl (C=O) groups excluding carboxylic acids is 1. The number of Topliss-reactive ketones (excluding diaryl/α,β-unsaturated/α-hetero) is 1. The molecule has 0 bridgehead atoms. The molecule has 0 aliphatic heterocycles. The number of aryl methyl sites for hydroxylation is 1. The predicted octanol–water partition coefficient (Wildman–Crippen LogP) is 2.70. The lowest BCUT2D eigenvalue weighted by Crippen LogP contribution is -1.98. The smallest absolute Gasteiger partial charge is 0.161 e. The Morgan fingerprint density at radius 1 is 1.38 bits per heavy atom. The van der Waals surface area contributed by atoms with Crippen molar-refractivity contribution in [2.24, 2.45) is 0 Å². The maximum absolute atomic E-state index is 11.2. The maximum atomic E-state index is 11.2. The summed E-state index contributed by atoms with van der Waals surface area (Å²) < 4.78 is 5.28. The van der Waals surface area contributed by atoms with E-state index in [1.54, 1.807) is 12.1 Å². The molecule has 0 spiro atoms. The predicted molar refractivity (Wildman–Crippen MR) is 62.9 cm³/mol. The zero-order chi connectivity index (χ0) is 12.0. The molecule has 0 fully saturated rings. The van der Waals surface area contributed by atoms with Gasteiger partial charge in [0, 0.05) is 12.8 Å². The zero-order valence-electron chi connectivity index (χ0n) is 9.82. The standard InChI is InChI=1S/C13H18O3/c1-3-11(14)7-5-10-6-8-12(15)13(9-10)16-4-2/h6,8-9,15H,3-5,7H2,1-2H3. The molecule has 0 saturated heterocycles. The van der Waals surface area contributed by atoms with Gasteiger partial charge in [-0.15, -0.1) is 0 Å². The van der Waals surface area contributed by atoms with Crippen molar-refractivity contribution in [2.75, 3.05) is 6.61 Å². The fraction of sp³-hybridized carbons (Fsp3) is 0.462. The van der Waals surface area contributed by atoms with Gasteiger partial charge >= 0.3 is 0 Å². The summed E-state index contributed by atoms with van der Waals surface area (Å²) in [5.41, 5.74) is 1.02. The Morgan fingerprint density at radius 2 is 2.12 bits per heavy atom. The molecular formula is C13H18O3. The molecule has 0 amide bonds. The van der Waals surface area contributed by atoms with E-state index in [2.05, 4.69) is 0 Å². The van der Waals surface area contributed by atoms with Crippen molar-refractivity contribution in [1.82, 2.24) is 0 Å². The molecule has 0 atom stereocenters. The average Bonchev–Trinajstić information content (AvgIpc) is 2.30. The molecule has 0 unspecified atom stereocenters. The minimum Gasteiger partial charge on any atom is -0.504 e. The summed E-state index contributed by atoms with van der Waals surface area (Å²) in [6.45, 7) is 4.25. The molecule has 1 N–H and O–H groups in total. The maximum Gasteiger partial charge on any atom is 0.161 e. The van der Waals surface area contributed by atoms with E-state index >= 15 is 0 Å². The van der Waals surface area contributed by atoms with Crippen molar-refractivity contribution < 1.29 is 14.6 Å². The summed E-state index contributed by atoms with van der Waals surface area (Å²) in [7, 11) is 0. The SMILES string of the molecule is CCOc1cc(CCC(=O)CC)ccc1O. The Hall–Kier alpha value is -1.51. The molecule has 0 radical (unpaired) electrons. The lowest BCUT2D eigenvalue weighted by Gasteiger charge is -2.07. The van der Waals surface area contributed by atoms with Crippen molar-refractivity contribution >= 4 is 5.78 Å². The molecule has 0 aliphatic rings. The third-order valence-electron chi connectivity index (χ3n) is 2.41. The normalized spacial score (nSPS) is 10.1. The van der Waals surface area contributed by atoms with Crippen LogP contribution in [0.2, 0.25) is 0 Å². The van der Waals surface area contributed by atoms with Crippen molar-refractivity contribution in [3.63, 3.8) is 0 Å². The van der Waals surface area contributed by atoms with Crippen LogP contribution >= 0.6 is 0 Å². The highest BCUT2D eigenvalue weighted by Gasteiger charge is 2.05. The van der Waals surface area contributed by atoms with E-state index in [0.717, 1.165) is 5.56 Å². The monoisotopic (exact) mass is 222 g/mol. The molecule has 1 aromatic carbocycles. The van der Waals surface area contributed by atoms with E-state index in [1.807, 2.05) is 19.9 Å². The lowest BCUT2D eigenvalue weighted by atomic mass is 10.1. The summed E-state index contributed by atoms with van der Waals surface area (Å²) in [5.74, 6) is 0.891. The second-order valence-electron chi connectivity index (χ2n) is 3.63. The van der Waals surface area contributed by atoms with Gasteiger partial charge in [-0.05, 0) is 31.0 Å². The highest BCUT2D eigenvalue weighted by molar-refractivity contribution is 5.78. The molecule has 3 nitrogen and oxygen atoms in total. The summed E-state index contributed by atoms with van der Waals surface area (Å²) in [5, 5.41) is 9.50. The summed E-state index contributed by atoms with van der Waals surface area (Å²) in [6.07, 6.45) is 1.83. The first-order chi connectivity index (χ1) is 7.67. The number of hydrogen-bond acceptors (Lipinski definition) is 3. The van der Waals surface area contributed by atoms with Gasteiger partial charge in [0.25, 0.3) is 0 Å². The number of aromatic hydroxyl groups is 1. The number of carbonyl (C=O) groups is 1. The van der Waals surface area contributed by atoms with Crippen LogP contribution in [-0.4, -0.2) is 17.5 Å². The lowest BCUT2D eigenvalue weighted by molar-refractivity contribution is -0.118. The third kappa shape index (κ3) is 3.57. The number of benzene rings is 1. The third-order valence-corrected chi connectivity index (χ3v) is 2.41. The highest BCUT2D eigenvalue weighted by atomic mass is 16.5. The minimum absolute atomic E-state index is 0.146. The fourth-order valence-corrected chi connectivity index (χ4v) is 1.45. The second kappa shape index (κ2) is 6.16. The molecule has 0 saturated carbocycles. The number of rotatable bonds is 6. The van der Waals surface area contributed by atoms with Gasteiger partial charge in [0.1, 0.15) is 5.78 Å². The summed E-state index contributed by atoms with van der Waals surface area (Å²) in [6, 6.07) is 5.22. The number of phenolic OH excluding ortho intramolecular Hbond substituents is 1. The van der Waals surface area contributed by atoms with Crippen LogP contribution in [0.4, 0.5) is 0 Å². The minimum atomic E-state index is 0.146. The van der Waals surface area contributed by atoms with Crippen LogP contribution in [-0.2, 0) is 11.2 Å². The molecule has 0 heterocycles. The van der Waals surface area contributed by atoms with Gasteiger partial charge in [0.2, 0.25) is 0 Å². The van der Waals surface area contributed by atoms with Crippen molar-refractivity contribution in [1.29, 1.82) is 0 Å². The summed E-state index contributed by atoms with van der Waals surface area (Å²) in [4.78, 5) is 11.2. The molecule has 0 aromatic heterocycles. The Balaban J connectivity index is 2.67. The first kappa shape index (κ1) is 12.6. The first-order valence-corrected chi connectivity index (χ1v) is 5.63. The van der Waals surface area contributed by atoms with Gasteiger partial charge in [-0.25, -0.2) is 0 Å². The molecule has 1 rings (SSSR count). The average molecular weight is 222 g/mol. The molecule has 3 heteroatoms. The Morgan fingerprint density at radius 3 is 2.75 bits per heavy atom. The van der Waals surface area contributed by atoms with Crippen LogP contribution in [0, 0.1) is 0 Å². The van der Waals surface area contributed by atoms with Gasteiger partial charge in [-0.2, -0.15) is 0 Å². The van der Waals surface area contributed by atoms with Crippen LogP contribution in [0.3, 0.4) is 0 Å². The largest absolute Gasteiger partial charge is 0.504 e. The summed E-state index contributed by atoms with van der Waals surface area (Å²) >= 11 is 0. The van der Waals surface area contributed by atoms with Crippen LogP contribution in [0.5, 0.6) is 11.5 Å². The van der Waals surface area contributed by atoms with Gasteiger partial charge in [-0.3, -0.25) is 4.79 Å². The first-order valence-electron chi connectivity index (χ1n) is 5.63. The molecular weight excluding hydrogens is 204 g/mol. The number of hydrogen-bond donors (Lipinski definition) is 1. The van der Waals surface area contributed by atoms with Crippen molar-refractivity contribution in [3.8, 4) is 11.5 Å². The number of ketones is 1. The topological polar surface area (TPSA) is 46.5 Å². The molecule has 1 aromatic rings. The molecule has 88 valence electrons. The van der Waals surface area contributed by atoms with E-state index < -0.39 is 0 Å². The van der Waals surface area contributed by atoms with E-state index in [1.165, 1.54) is 0 Å². The van der Waals surface area contributed by atoms with Gasteiger partial charge < -0.3 is 9.84 Å².